The number of para-hydroxylation sites is 1. The van der Waals surface area contributed by atoms with Crippen LogP contribution in [0, 0.1) is 0 Å². The SMILES string of the molecule is CSCCC(NC(=O)C(Cc1c[nH]c2ccccc12)NC(=O)C(CCC(=O)O)NC(=O)C(N)CS)C(=O)O. The second-order valence-electron chi connectivity index (χ2n) is 8.59. The molecule has 3 amide bonds. The Bertz CT molecular complexity index is 1140. The molecule has 0 spiro atoms. The largest absolute Gasteiger partial charge is 0.481 e. The van der Waals surface area contributed by atoms with E-state index in [2.05, 4.69) is 33.6 Å². The molecule has 0 aliphatic heterocycles. The Hall–Kier alpha value is -3.23. The van der Waals surface area contributed by atoms with Gasteiger partial charge in [-0.15, -0.1) is 0 Å². The van der Waals surface area contributed by atoms with Gasteiger partial charge in [0.05, 0.1) is 6.04 Å². The Morgan fingerprint density at radius 1 is 0.974 bits per heavy atom. The van der Waals surface area contributed by atoms with E-state index in [0.717, 1.165) is 10.9 Å². The lowest BCUT2D eigenvalue weighted by molar-refractivity contribution is -0.142. The molecule has 38 heavy (non-hydrogen) atoms. The zero-order valence-electron chi connectivity index (χ0n) is 20.8. The highest BCUT2D eigenvalue weighted by atomic mass is 32.2. The van der Waals surface area contributed by atoms with Crippen molar-refractivity contribution >= 4 is 65.0 Å². The van der Waals surface area contributed by atoms with E-state index >= 15 is 0 Å². The number of H-pyrrole nitrogens is 1. The summed E-state index contributed by atoms with van der Waals surface area (Å²) in [7, 11) is 0. The van der Waals surface area contributed by atoms with Gasteiger partial charge in [0.2, 0.25) is 17.7 Å². The number of thiol groups is 1. The summed E-state index contributed by atoms with van der Waals surface area (Å²) in [5, 5.41) is 26.9. The number of carbonyl (C=O) groups is 5. The first-order valence-electron chi connectivity index (χ1n) is 11.8. The molecule has 2 aromatic rings. The quantitative estimate of drug-likeness (QED) is 0.130. The van der Waals surface area contributed by atoms with Gasteiger partial charge in [0.1, 0.15) is 18.1 Å². The normalized spacial score (nSPS) is 14.2. The number of carboxylic acid groups (broad SMARTS) is 2. The molecule has 8 N–H and O–H groups in total. The number of aromatic nitrogens is 1. The van der Waals surface area contributed by atoms with Crippen molar-refractivity contribution in [1.29, 1.82) is 0 Å². The van der Waals surface area contributed by atoms with Crippen LogP contribution < -0.4 is 21.7 Å². The van der Waals surface area contributed by atoms with Gasteiger partial charge in [-0.1, -0.05) is 18.2 Å². The van der Waals surface area contributed by atoms with Gasteiger partial charge in [-0.25, -0.2) is 4.79 Å². The topological polar surface area (TPSA) is 204 Å². The van der Waals surface area contributed by atoms with Crippen LogP contribution in [0.2, 0.25) is 0 Å². The molecule has 0 saturated carbocycles. The van der Waals surface area contributed by atoms with Crippen molar-refractivity contribution < 1.29 is 34.2 Å². The van der Waals surface area contributed by atoms with Crippen LogP contribution in [-0.2, 0) is 30.4 Å². The Morgan fingerprint density at radius 2 is 1.61 bits per heavy atom. The summed E-state index contributed by atoms with van der Waals surface area (Å²) in [5.74, 6) is -4.14. The number of nitrogens with two attached hydrogens (primary N) is 1. The molecule has 2 rings (SSSR count). The van der Waals surface area contributed by atoms with Crippen LogP contribution in [0.1, 0.15) is 24.8 Å². The highest BCUT2D eigenvalue weighted by Gasteiger charge is 2.31. The van der Waals surface area contributed by atoms with E-state index in [-0.39, 0.29) is 25.0 Å². The Balaban J connectivity index is 2.32. The number of amides is 3. The van der Waals surface area contributed by atoms with Crippen molar-refractivity contribution in [2.75, 3.05) is 17.8 Å². The lowest BCUT2D eigenvalue weighted by Gasteiger charge is -2.25. The van der Waals surface area contributed by atoms with E-state index in [9.17, 15) is 29.1 Å². The fourth-order valence-corrected chi connectivity index (χ4v) is 4.30. The molecule has 1 aromatic carbocycles. The van der Waals surface area contributed by atoms with E-state index < -0.39 is 60.2 Å². The minimum absolute atomic E-state index is 0.00266. The second kappa shape index (κ2) is 15.2. The van der Waals surface area contributed by atoms with E-state index in [4.69, 9.17) is 10.8 Å². The van der Waals surface area contributed by atoms with E-state index in [0.29, 0.717) is 11.3 Å². The van der Waals surface area contributed by atoms with Crippen LogP contribution in [0.5, 0.6) is 0 Å². The van der Waals surface area contributed by atoms with Gasteiger partial charge < -0.3 is 36.9 Å². The first-order chi connectivity index (χ1) is 18.1. The average molecular weight is 568 g/mol. The molecule has 0 fully saturated rings. The summed E-state index contributed by atoms with van der Waals surface area (Å²) in [4.78, 5) is 64.7. The summed E-state index contributed by atoms with van der Waals surface area (Å²) in [6.45, 7) is 0. The van der Waals surface area contributed by atoms with Crippen LogP contribution in [0.4, 0.5) is 0 Å². The van der Waals surface area contributed by atoms with Crippen molar-refractivity contribution in [3.8, 4) is 0 Å². The predicted molar refractivity (Wildman–Crippen MR) is 147 cm³/mol. The molecule has 4 atom stereocenters. The first-order valence-corrected chi connectivity index (χ1v) is 13.9. The summed E-state index contributed by atoms with van der Waals surface area (Å²) < 4.78 is 0. The number of carboxylic acids is 2. The average Bonchev–Trinajstić information content (AvgIpc) is 3.30. The van der Waals surface area contributed by atoms with Crippen LogP contribution >= 0.6 is 24.4 Å². The molecule has 1 aromatic heterocycles. The maximum atomic E-state index is 13.3. The number of carbonyl (C=O) groups excluding carboxylic acids is 3. The Labute approximate surface area is 229 Å². The minimum atomic E-state index is -1.30. The Morgan fingerprint density at radius 3 is 2.24 bits per heavy atom. The first kappa shape index (κ1) is 31.0. The van der Waals surface area contributed by atoms with Crippen LogP contribution in [-0.4, -0.2) is 86.8 Å². The summed E-state index contributed by atoms with van der Waals surface area (Å²) in [6.07, 6.45) is 3.00. The van der Waals surface area contributed by atoms with E-state index in [1.807, 2.05) is 30.5 Å². The van der Waals surface area contributed by atoms with Crippen molar-refractivity contribution in [2.24, 2.45) is 5.73 Å². The van der Waals surface area contributed by atoms with Crippen LogP contribution in [0.25, 0.3) is 10.9 Å². The molecular formula is C24H33N5O7S2. The van der Waals surface area contributed by atoms with E-state index in [1.165, 1.54) is 11.8 Å². The molecule has 0 saturated heterocycles. The van der Waals surface area contributed by atoms with E-state index in [1.54, 1.807) is 6.20 Å². The lowest BCUT2D eigenvalue weighted by Crippen LogP contribution is -2.57. The van der Waals surface area contributed by atoms with Gasteiger partial charge in [0.15, 0.2) is 0 Å². The van der Waals surface area contributed by atoms with Gasteiger partial charge in [-0.3, -0.25) is 19.2 Å². The van der Waals surface area contributed by atoms with Gasteiger partial charge in [-0.2, -0.15) is 24.4 Å². The number of aliphatic carboxylic acids is 2. The zero-order valence-corrected chi connectivity index (χ0v) is 22.5. The molecule has 0 radical (unpaired) electrons. The molecule has 0 aliphatic rings. The van der Waals surface area contributed by atoms with Crippen LogP contribution in [0.3, 0.4) is 0 Å². The predicted octanol–water partition coefficient (Wildman–Crippen LogP) is 0.124. The molecule has 14 heteroatoms. The number of hydrogen-bond acceptors (Lipinski definition) is 8. The standard InChI is InChI=1S/C24H33N5O7S2/c1-38-9-8-18(24(35)36)28-23(34)19(10-13-11-26-16-5-3-2-4-14(13)16)29-22(33)17(6-7-20(30)31)27-21(32)15(25)12-37/h2-5,11,15,17-19,26,37H,6-10,12,25H2,1H3,(H,27,32)(H,28,34)(H,29,33)(H,30,31)(H,35,36). The molecule has 12 nitrogen and oxygen atoms in total. The van der Waals surface area contributed by atoms with Gasteiger partial charge in [0, 0.05) is 35.7 Å². The van der Waals surface area contributed by atoms with Gasteiger partial charge >= 0.3 is 11.9 Å². The zero-order chi connectivity index (χ0) is 28.2. The number of rotatable bonds is 16. The van der Waals surface area contributed by atoms with Crippen molar-refractivity contribution in [3.05, 3.63) is 36.0 Å². The minimum Gasteiger partial charge on any atom is -0.481 e. The van der Waals surface area contributed by atoms with Gasteiger partial charge in [0.25, 0.3) is 0 Å². The third-order valence-electron chi connectivity index (χ3n) is 5.77. The number of nitrogens with one attached hydrogen (secondary N) is 4. The molecule has 0 bridgehead atoms. The molecule has 0 aliphatic carbocycles. The molecule has 4 unspecified atom stereocenters. The third kappa shape index (κ3) is 9.26. The highest BCUT2D eigenvalue weighted by Crippen LogP contribution is 2.19. The fraction of sp³-hybridized carbons (Fsp3) is 0.458. The van der Waals surface area contributed by atoms with Crippen molar-refractivity contribution in [3.63, 3.8) is 0 Å². The summed E-state index contributed by atoms with van der Waals surface area (Å²) in [6, 6.07) is 2.62. The maximum Gasteiger partial charge on any atom is 0.326 e. The number of thioether (sulfide) groups is 1. The molecular weight excluding hydrogens is 534 g/mol. The number of hydrogen-bond donors (Lipinski definition) is 8. The smallest absolute Gasteiger partial charge is 0.326 e. The van der Waals surface area contributed by atoms with Crippen molar-refractivity contribution in [2.45, 2.75) is 49.9 Å². The second-order valence-corrected chi connectivity index (χ2v) is 9.94. The number of fused-ring (bicyclic) bond motifs is 1. The number of benzene rings is 1. The highest BCUT2D eigenvalue weighted by molar-refractivity contribution is 7.98. The molecule has 208 valence electrons. The van der Waals surface area contributed by atoms with Crippen molar-refractivity contribution in [1.82, 2.24) is 20.9 Å². The van der Waals surface area contributed by atoms with Crippen LogP contribution in [0.15, 0.2) is 30.5 Å². The maximum absolute atomic E-state index is 13.3. The summed E-state index contributed by atoms with van der Waals surface area (Å²) >= 11 is 5.39. The molecule has 1 heterocycles. The fourth-order valence-electron chi connectivity index (χ4n) is 3.67. The lowest BCUT2D eigenvalue weighted by atomic mass is 10.0. The van der Waals surface area contributed by atoms with Gasteiger partial charge in [-0.05, 0) is 36.5 Å². The number of aromatic amines is 1. The monoisotopic (exact) mass is 567 g/mol. The summed E-state index contributed by atoms with van der Waals surface area (Å²) in [5.41, 5.74) is 7.18. The third-order valence-corrected chi connectivity index (χ3v) is 6.81. The Kier molecular flexibility index (Phi) is 12.4.